The summed E-state index contributed by atoms with van der Waals surface area (Å²) in [5, 5.41) is 10.5. The van der Waals surface area contributed by atoms with E-state index in [4.69, 9.17) is 14.7 Å². The van der Waals surface area contributed by atoms with E-state index in [0.29, 0.717) is 11.3 Å². The predicted molar refractivity (Wildman–Crippen MR) is 184 cm³/mol. The molecule has 5 heterocycles. The summed E-state index contributed by atoms with van der Waals surface area (Å²) in [5.41, 5.74) is 7.51. The Bertz CT molecular complexity index is 1600. The zero-order valence-corrected chi connectivity index (χ0v) is 28.7. The van der Waals surface area contributed by atoms with E-state index in [-0.39, 0.29) is 5.41 Å². The van der Waals surface area contributed by atoms with Gasteiger partial charge in [0, 0.05) is 68.0 Å². The third-order valence-electron chi connectivity index (χ3n) is 9.82. The van der Waals surface area contributed by atoms with Gasteiger partial charge in [0.05, 0.1) is 11.3 Å². The summed E-state index contributed by atoms with van der Waals surface area (Å²) in [6, 6.07) is 8.73. The van der Waals surface area contributed by atoms with Crippen LogP contribution in [0.1, 0.15) is 94.5 Å². The maximum absolute atomic E-state index is 12.8. The molecule has 2 saturated heterocycles. The van der Waals surface area contributed by atoms with Crippen molar-refractivity contribution in [3.05, 3.63) is 58.5 Å². The number of piperidine rings is 1. The Morgan fingerprint density at radius 3 is 2.30 bits per heavy atom. The van der Waals surface area contributed by atoms with Gasteiger partial charge in [-0.05, 0) is 94.9 Å². The monoisotopic (exact) mass is 626 g/mol. The average Bonchev–Trinajstić information content (AvgIpc) is 3.54. The zero-order chi connectivity index (χ0) is 32.8. The number of benzene rings is 1. The minimum atomic E-state index is -1.13. The molecule has 246 valence electrons. The Morgan fingerprint density at radius 1 is 0.913 bits per heavy atom. The number of ether oxygens (including phenoxy) is 1. The molecule has 9 nitrogen and oxygen atoms in total. The fourth-order valence-corrected chi connectivity index (χ4v) is 7.25. The number of pyridine rings is 1. The highest BCUT2D eigenvalue weighted by Gasteiger charge is 2.36. The van der Waals surface area contributed by atoms with Gasteiger partial charge in [-0.15, -0.1) is 0 Å². The van der Waals surface area contributed by atoms with Gasteiger partial charge in [0.25, 0.3) is 0 Å². The second kappa shape index (κ2) is 12.5. The minimum absolute atomic E-state index is 0.247. The molecule has 0 saturated carbocycles. The zero-order valence-electron chi connectivity index (χ0n) is 28.7. The fourth-order valence-electron chi connectivity index (χ4n) is 7.25. The molecule has 3 aliphatic heterocycles. The molecule has 1 atom stereocenters. The van der Waals surface area contributed by atoms with E-state index in [1.54, 1.807) is 0 Å². The molecule has 0 unspecified atom stereocenters. The molecule has 0 spiro atoms. The molecule has 2 aromatic heterocycles. The fraction of sp³-hybridized carbons (Fsp3) is 0.568. The van der Waals surface area contributed by atoms with Crippen molar-refractivity contribution in [1.29, 1.82) is 0 Å². The second-order valence-electron chi connectivity index (χ2n) is 15.1. The van der Waals surface area contributed by atoms with Crippen LogP contribution >= 0.6 is 0 Å². The number of nitrogens with zero attached hydrogens (tertiary/aromatic N) is 6. The molecule has 46 heavy (non-hydrogen) atoms. The maximum Gasteiger partial charge on any atom is 0.337 e. The summed E-state index contributed by atoms with van der Waals surface area (Å²) in [6.07, 6.45) is 6.14. The predicted octanol–water partition coefficient (Wildman–Crippen LogP) is 6.89. The molecule has 9 heteroatoms. The first-order chi connectivity index (χ1) is 21.8. The largest absolute Gasteiger partial charge is 0.479 e. The number of hydrogen-bond donors (Lipinski definition) is 1. The molecule has 0 radical (unpaired) electrons. The van der Waals surface area contributed by atoms with E-state index in [1.165, 1.54) is 24.0 Å². The lowest BCUT2D eigenvalue weighted by molar-refractivity contribution is -0.160. The summed E-state index contributed by atoms with van der Waals surface area (Å²) < 4.78 is 6.27. The quantitative estimate of drug-likeness (QED) is 0.301. The molecule has 0 bridgehead atoms. The Labute approximate surface area is 274 Å². The minimum Gasteiger partial charge on any atom is -0.479 e. The summed E-state index contributed by atoms with van der Waals surface area (Å²) in [7, 11) is 0. The summed E-state index contributed by atoms with van der Waals surface area (Å²) >= 11 is 0. The average molecular weight is 627 g/mol. The molecule has 1 aromatic carbocycles. The van der Waals surface area contributed by atoms with Gasteiger partial charge in [0.15, 0.2) is 6.10 Å². The van der Waals surface area contributed by atoms with Crippen LogP contribution in [-0.2, 0) is 22.5 Å². The lowest BCUT2D eigenvalue weighted by Crippen LogP contribution is -2.39. The van der Waals surface area contributed by atoms with E-state index in [0.717, 1.165) is 92.8 Å². The van der Waals surface area contributed by atoms with Crippen LogP contribution in [0.25, 0.3) is 11.1 Å². The first-order valence-corrected chi connectivity index (χ1v) is 16.9. The molecule has 6 rings (SSSR count). The number of rotatable bonds is 7. The Kier molecular flexibility index (Phi) is 8.74. The Balaban J connectivity index is 1.39. The molecule has 3 aromatic rings. The van der Waals surface area contributed by atoms with E-state index < -0.39 is 17.7 Å². The van der Waals surface area contributed by atoms with Gasteiger partial charge < -0.3 is 24.5 Å². The van der Waals surface area contributed by atoms with Crippen molar-refractivity contribution < 1.29 is 14.6 Å². The molecule has 0 amide bonds. The molecule has 0 aliphatic carbocycles. The molecular weight excluding hydrogens is 576 g/mol. The molecular formula is C37H50N6O3. The number of hydrogen-bond acceptors (Lipinski definition) is 8. The standard InChI is InChI=1S/C37H50N6O3/c1-24-30(32(42-20-14-37(6,7)15-21-42)31(25(2)39-24)33(34(44)45)46-36(3,4)5)27-10-11-28-23-43(19-13-26(28)22-27)35-38-16-12-29(40-35)41-17-8-9-18-41/h10-12,16,22,33H,8-9,13-15,17-21,23H2,1-7H3,(H,44,45)/t33-/m0/s1. The summed E-state index contributed by atoms with van der Waals surface area (Å²) in [5.74, 6) is 0.816. The Hall–Kier alpha value is -3.72. The first kappa shape index (κ1) is 32.2. The van der Waals surface area contributed by atoms with Crippen molar-refractivity contribution in [2.45, 2.75) is 98.8 Å². The maximum atomic E-state index is 12.8. The third-order valence-corrected chi connectivity index (χ3v) is 9.82. The van der Waals surface area contributed by atoms with Crippen molar-refractivity contribution in [1.82, 2.24) is 15.0 Å². The van der Waals surface area contributed by atoms with Crippen LogP contribution in [-0.4, -0.2) is 64.4 Å². The highest BCUT2D eigenvalue weighted by atomic mass is 16.5. The number of aryl methyl sites for hydroxylation is 2. The topological polar surface area (TPSA) is 94.9 Å². The van der Waals surface area contributed by atoms with E-state index in [2.05, 4.69) is 58.7 Å². The van der Waals surface area contributed by atoms with E-state index >= 15 is 0 Å². The SMILES string of the molecule is Cc1nc(C)c([C@H](OC(C)(C)C)C(=O)O)c(N2CCC(C)(C)CC2)c1-c1ccc2c(c1)CCN(c1nccc(N3CCCC3)n1)C2. The van der Waals surface area contributed by atoms with Crippen LogP contribution in [0.3, 0.4) is 0 Å². The number of anilines is 3. The summed E-state index contributed by atoms with van der Waals surface area (Å²) in [6.45, 7) is 19.8. The summed E-state index contributed by atoms with van der Waals surface area (Å²) in [4.78, 5) is 34.4. The van der Waals surface area contributed by atoms with Gasteiger partial charge in [-0.25, -0.2) is 9.78 Å². The number of aromatic nitrogens is 3. The van der Waals surface area contributed by atoms with Crippen molar-refractivity contribution >= 4 is 23.4 Å². The van der Waals surface area contributed by atoms with Crippen LogP contribution in [0.15, 0.2) is 30.5 Å². The van der Waals surface area contributed by atoms with Gasteiger partial charge in [0.1, 0.15) is 5.82 Å². The van der Waals surface area contributed by atoms with Crippen molar-refractivity contribution in [3.8, 4) is 11.1 Å². The lowest BCUT2D eigenvalue weighted by atomic mass is 9.81. The van der Waals surface area contributed by atoms with Crippen LogP contribution in [0.2, 0.25) is 0 Å². The number of aliphatic carboxylic acids is 1. The van der Waals surface area contributed by atoms with Gasteiger partial charge in [-0.1, -0.05) is 32.0 Å². The molecule has 3 aliphatic rings. The number of carboxylic acids is 1. The number of fused-ring (bicyclic) bond motifs is 1. The molecule has 1 N–H and O–H groups in total. The van der Waals surface area contributed by atoms with Crippen molar-refractivity contribution in [3.63, 3.8) is 0 Å². The van der Waals surface area contributed by atoms with Crippen molar-refractivity contribution in [2.24, 2.45) is 5.41 Å². The smallest absolute Gasteiger partial charge is 0.337 e. The van der Waals surface area contributed by atoms with E-state index in [9.17, 15) is 9.90 Å². The van der Waals surface area contributed by atoms with Crippen LogP contribution < -0.4 is 14.7 Å². The van der Waals surface area contributed by atoms with Gasteiger partial charge in [-0.2, -0.15) is 4.98 Å². The normalized spacial score (nSPS) is 18.9. The molecule has 2 fully saturated rings. The van der Waals surface area contributed by atoms with Crippen LogP contribution in [0, 0.1) is 19.3 Å². The second-order valence-corrected chi connectivity index (χ2v) is 15.1. The third kappa shape index (κ3) is 6.70. The van der Waals surface area contributed by atoms with Crippen LogP contribution in [0.4, 0.5) is 17.5 Å². The first-order valence-electron chi connectivity index (χ1n) is 16.9. The van der Waals surface area contributed by atoms with Crippen molar-refractivity contribution in [2.75, 3.05) is 47.4 Å². The highest BCUT2D eigenvalue weighted by Crippen LogP contribution is 2.45. The number of carboxylic acid groups (broad SMARTS) is 1. The number of carbonyl (C=O) groups is 1. The van der Waals surface area contributed by atoms with E-state index in [1.807, 2.05) is 40.0 Å². The highest BCUT2D eigenvalue weighted by molar-refractivity contribution is 5.88. The van der Waals surface area contributed by atoms with Gasteiger partial charge in [0.2, 0.25) is 5.95 Å². The van der Waals surface area contributed by atoms with Crippen LogP contribution in [0.5, 0.6) is 0 Å². The lowest BCUT2D eigenvalue weighted by Gasteiger charge is -2.41. The van der Waals surface area contributed by atoms with Gasteiger partial charge in [-0.3, -0.25) is 4.98 Å². The van der Waals surface area contributed by atoms with Gasteiger partial charge >= 0.3 is 5.97 Å². The Morgan fingerprint density at radius 2 is 1.63 bits per heavy atom.